The van der Waals surface area contributed by atoms with Gasteiger partial charge in [0.25, 0.3) is 5.91 Å². The van der Waals surface area contributed by atoms with Crippen LogP contribution in [0.2, 0.25) is 0 Å². The summed E-state index contributed by atoms with van der Waals surface area (Å²) in [5.41, 5.74) is 0.846. The number of rotatable bonds is 2. The molecule has 1 N–H and O–H groups in total. The molecule has 0 aliphatic rings. The van der Waals surface area contributed by atoms with E-state index in [9.17, 15) is 4.79 Å². The second kappa shape index (κ2) is 5.06. The van der Waals surface area contributed by atoms with Crippen LogP contribution in [-0.2, 0) is 0 Å². The number of carbonyl (C=O) groups is 1. The number of carbonyl (C=O) groups excluding carboxylic acids is 1. The van der Waals surface area contributed by atoms with E-state index in [-0.39, 0.29) is 5.91 Å². The van der Waals surface area contributed by atoms with Crippen LogP contribution in [0.1, 0.15) is 21.7 Å². The lowest BCUT2D eigenvalue weighted by molar-refractivity contribution is 0.102. The molecule has 0 atom stereocenters. The second-order valence-corrected chi connectivity index (χ2v) is 3.58. The highest BCUT2D eigenvalue weighted by molar-refractivity contribution is 6.03. The van der Waals surface area contributed by atoms with E-state index in [0.29, 0.717) is 22.8 Å². The summed E-state index contributed by atoms with van der Waals surface area (Å²) in [5, 5.41) is 11.4. The van der Waals surface area contributed by atoms with Crippen molar-refractivity contribution in [2.75, 3.05) is 5.32 Å². The molecule has 0 aliphatic carbocycles. The largest absolute Gasteiger partial charge is 0.306 e. The third-order valence-electron chi connectivity index (χ3n) is 2.21. The SMILES string of the molecule is Cc1n[c]cc(NC(=O)c2cccc(C#N)c2)n1. The van der Waals surface area contributed by atoms with Crippen LogP contribution in [0.15, 0.2) is 30.3 Å². The van der Waals surface area contributed by atoms with Crippen molar-refractivity contribution < 1.29 is 4.79 Å². The predicted octanol–water partition coefficient (Wildman–Crippen LogP) is 1.71. The molecule has 2 rings (SSSR count). The summed E-state index contributed by atoms with van der Waals surface area (Å²) in [6.45, 7) is 1.71. The Balaban J connectivity index is 2.20. The van der Waals surface area contributed by atoms with Gasteiger partial charge in [-0.05, 0) is 25.1 Å². The molecule has 0 saturated carbocycles. The summed E-state index contributed by atoms with van der Waals surface area (Å²) in [7, 11) is 0. The molecule has 5 nitrogen and oxygen atoms in total. The molecule has 0 saturated heterocycles. The lowest BCUT2D eigenvalue weighted by Gasteiger charge is -2.04. The smallest absolute Gasteiger partial charge is 0.256 e. The number of benzene rings is 1. The van der Waals surface area contributed by atoms with E-state index in [2.05, 4.69) is 21.5 Å². The van der Waals surface area contributed by atoms with Crippen LogP contribution in [0.5, 0.6) is 0 Å². The molecular weight excluding hydrogens is 228 g/mol. The van der Waals surface area contributed by atoms with Crippen molar-refractivity contribution in [3.8, 4) is 6.07 Å². The number of nitrogens with zero attached hydrogens (tertiary/aromatic N) is 3. The zero-order valence-corrected chi connectivity index (χ0v) is 9.64. The molecule has 1 radical (unpaired) electrons. The van der Waals surface area contributed by atoms with Crippen LogP contribution in [-0.4, -0.2) is 15.9 Å². The molecule has 1 aromatic heterocycles. The maximum atomic E-state index is 11.9. The first-order valence-corrected chi connectivity index (χ1v) is 5.22. The van der Waals surface area contributed by atoms with E-state index in [1.807, 2.05) is 6.07 Å². The van der Waals surface area contributed by atoms with E-state index in [4.69, 9.17) is 5.26 Å². The fraction of sp³-hybridized carbons (Fsp3) is 0.0769. The molecule has 0 fully saturated rings. The van der Waals surface area contributed by atoms with E-state index in [1.54, 1.807) is 25.1 Å². The van der Waals surface area contributed by atoms with Gasteiger partial charge in [-0.2, -0.15) is 5.26 Å². The molecule has 0 unspecified atom stereocenters. The Labute approximate surface area is 104 Å². The third kappa shape index (κ3) is 2.68. The van der Waals surface area contributed by atoms with Gasteiger partial charge in [0.1, 0.15) is 11.6 Å². The molecule has 5 heteroatoms. The molecule has 0 spiro atoms. The number of hydrogen-bond acceptors (Lipinski definition) is 4. The zero-order valence-electron chi connectivity index (χ0n) is 9.64. The minimum Gasteiger partial charge on any atom is -0.306 e. The van der Waals surface area contributed by atoms with Gasteiger partial charge in [0, 0.05) is 11.6 Å². The van der Waals surface area contributed by atoms with Crippen molar-refractivity contribution in [2.45, 2.75) is 6.92 Å². The lowest BCUT2D eigenvalue weighted by atomic mass is 10.1. The maximum Gasteiger partial charge on any atom is 0.256 e. The summed E-state index contributed by atoms with van der Waals surface area (Å²) in [6, 6.07) is 9.92. The van der Waals surface area contributed by atoms with Gasteiger partial charge in [-0.1, -0.05) is 6.07 Å². The summed E-state index contributed by atoms with van der Waals surface area (Å²) >= 11 is 0. The summed E-state index contributed by atoms with van der Waals surface area (Å²) in [4.78, 5) is 19.8. The van der Waals surface area contributed by atoms with E-state index < -0.39 is 0 Å². The quantitative estimate of drug-likeness (QED) is 0.862. The minimum atomic E-state index is -0.321. The third-order valence-corrected chi connectivity index (χ3v) is 2.21. The Morgan fingerprint density at radius 1 is 1.50 bits per heavy atom. The van der Waals surface area contributed by atoms with Crippen molar-refractivity contribution in [3.05, 3.63) is 53.5 Å². The highest BCUT2D eigenvalue weighted by Gasteiger charge is 2.07. The van der Waals surface area contributed by atoms with E-state index >= 15 is 0 Å². The topological polar surface area (TPSA) is 78.7 Å². The molecule has 0 bridgehead atoms. The predicted molar refractivity (Wildman–Crippen MR) is 64.7 cm³/mol. The standard InChI is InChI=1S/C13H9N4O/c1-9-15-6-5-12(16-9)17-13(18)11-4-2-3-10(7-11)8-14/h2-5,7H,1H3,(H,15,16,17,18). The first-order chi connectivity index (χ1) is 8.69. The molecular formula is C13H9N4O. The highest BCUT2D eigenvalue weighted by Crippen LogP contribution is 2.08. The number of aryl methyl sites for hydroxylation is 1. The lowest BCUT2D eigenvalue weighted by Crippen LogP contribution is -2.13. The van der Waals surface area contributed by atoms with Gasteiger partial charge in [0.15, 0.2) is 0 Å². The molecule has 87 valence electrons. The number of nitriles is 1. The molecule has 18 heavy (non-hydrogen) atoms. The first-order valence-electron chi connectivity index (χ1n) is 5.22. The van der Waals surface area contributed by atoms with Crippen molar-refractivity contribution >= 4 is 11.7 Å². The monoisotopic (exact) mass is 237 g/mol. The van der Waals surface area contributed by atoms with Gasteiger partial charge in [-0.25, -0.2) is 9.97 Å². The van der Waals surface area contributed by atoms with Gasteiger partial charge < -0.3 is 5.32 Å². The van der Waals surface area contributed by atoms with Crippen molar-refractivity contribution in [1.82, 2.24) is 9.97 Å². The summed E-state index contributed by atoms with van der Waals surface area (Å²) < 4.78 is 0. The Kier molecular flexibility index (Phi) is 3.30. The van der Waals surface area contributed by atoms with Crippen LogP contribution in [0.25, 0.3) is 0 Å². The Morgan fingerprint density at radius 2 is 2.33 bits per heavy atom. The van der Waals surface area contributed by atoms with Crippen LogP contribution in [0, 0.1) is 24.5 Å². The molecule has 2 aromatic rings. The van der Waals surface area contributed by atoms with Crippen molar-refractivity contribution in [1.29, 1.82) is 5.26 Å². The Morgan fingerprint density at radius 3 is 3.06 bits per heavy atom. The number of anilines is 1. The maximum absolute atomic E-state index is 11.9. The molecule has 1 aromatic carbocycles. The van der Waals surface area contributed by atoms with E-state index in [1.165, 1.54) is 12.1 Å². The van der Waals surface area contributed by atoms with Gasteiger partial charge in [0.2, 0.25) is 0 Å². The van der Waals surface area contributed by atoms with Crippen molar-refractivity contribution in [2.24, 2.45) is 0 Å². The number of aromatic nitrogens is 2. The van der Waals surface area contributed by atoms with Gasteiger partial charge in [0.05, 0.1) is 17.8 Å². The first kappa shape index (κ1) is 11.7. The Hall–Kier alpha value is -2.74. The van der Waals surface area contributed by atoms with Crippen molar-refractivity contribution in [3.63, 3.8) is 0 Å². The van der Waals surface area contributed by atoms with Gasteiger partial charge in [-0.3, -0.25) is 4.79 Å². The number of nitrogens with one attached hydrogen (secondary N) is 1. The highest BCUT2D eigenvalue weighted by atomic mass is 16.1. The summed E-state index contributed by atoms with van der Waals surface area (Å²) in [6.07, 6.45) is 2.63. The molecule has 1 heterocycles. The fourth-order valence-corrected chi connectivity index (χ4v) is 1.40. The second-order valence-electron chi connectivity index (χ2n) is 3.58. The molecule has 1 amide bonds. The summed E-state index contributed by atoms with van der Waals surface area (Å²) in [5.74, 6) is 0.590. The van der Waals surface area contributed by atoms with Crippen LogP contribution >= 0.6 is 0 Å². The van der Waals surface area contributed by atoms with Gasteiger partial charge in [-0.15, -0.1) is 0 Å². The van der Waals surface area contributed by atoms with Crippen LogP contribution < -0.4 is 5.32 Å². The number of amides is 1. The minimum absolute atomic E-state index is 0.321. The average Bonchev–Trinajstić information content (AvgIpc) is 2.39. The van der Waals surface area contributed by atoms with E-state index in [0.717, 1.165) is 0 Å². The van der Waals surface area contributed by atoms with Crippen LogP contribution in [0.4, 0.5) is 5.82 Å². The number of hydrogen-bond donors (Lipinski definition) is 1. The normalized spacial score (nSPS) is 9.56. The molecule has 0 aliphatic heterocycles. The average molecular weight is 237 g/mol. The van der Waals surface area contributed by atoms with Gasteiger partial charge >= 0.3 is 0 Å². The Bertz CT molecular complexity index is 631. The zero-order chi connectivity index (χ0) is 13.0. The fourth-order valence-electron chi connectivity index (χ4n) is 1.40. The van der Waals surface area contributed by atoms with Crippen LogP contribution in [0.3, 0.4) is 0 Å².